The van der Waals surface area contributed by atoms with E-state index in [2.05, 4.69) is 25.7 Å². The number of likely N-dealkylation sites (N-methyl/N-ethyl adjacent to an activating group) is 1. The topological polar surface area (TPSA) is 21.7 Å². The third-order valence-corrected chi connectivity index (χ3v) is 2.38. The summed E-state index contributed by atoms with van der Waals surface area (Å²) in [4.78, 5) is 2.42. The van der Waals surface area contributed by atoms with Crippen molar-refractivity contribution in [3.05, 3.63) is 0 Å². The quantitative estimate of drug-likeness (QED) is 0.658. The lowest BCUT2D eigenvalue weighted by atomic mass is 10.2. The zero-order valence-electron chi connectivity index (χ0n) is 8.95. The molecular weight excluding hydrogens is 166 g/mol. The molecule has 0 N–H and O–H groups in total. The summed E-state index contributed by atoms with van der Waals surface area (Å²) in [5.41, 5.74) is 0. The Morgan fingerprint density at radius 1 is 1.54 bits per heavy atom. The van der Waals surface area contributed by atoms with E-state index in [1.807, 2.05) is 0 Å². The lowest BCUT2D eigenvalue weighted by molar-refractivity contribution is -0.0519. The van der Waals surface area contributed by atoms with E-state index in [1.54, 1.807) is 0 Å². The average molecular weight is 187 g/mol. The van der Waals surface area contributed by atoms with Crippen LogP contribution in [0.2, 0.25) is 0 Å². The largest absolute Gasteiger partial charge is 0.378 e. The summed E-state index contributed by atoms with van der Waals surface area (Å²) in [6.45, 7) is 10.9. The minimum absolute atomic E-state index is 0.320. The first kappa shape index (κ1) is 11.0. The molecule has 0 amide bonds. The van der Waals surface area contributed by atoms with Gasteiger partial charge in [0.25, 0.3) is 0 Å². The average Bonchev–Trinajstić information content (AvgIpc) is 2.15. The molecule has 1 atom stereocenters. The van der Waals surface area contributed by atoms with Crippen molar-refractivity contribution in [2.75, 3.05) is 32.9 Å². The number of nitrogens with zero attached hydrogens (tertiary/aromatic N) is 1. The van der Waals surface area contributed by atoms with Gasteiger partial charge < -0.3 is 9.47 Å². The molecule has 0 aromatic carbocycles. The molecule has 1 aliphatic rings. The number of hydrogen-bond acceptors (Lipinski definition) is 3. The Hall–Kier alpha value is -0.120. The summed E-state index contributed by atoms with van der Waals surface area (Å²) in [6, 6.07) is 0.459. The van der Waals surface area contributed by atoms with Gasteiger partial charge in [-0.05, 0) is 20.4 Å². The predicted octanol–water partition coefficient (Wildman–Crippen LogP) is 1.13. The molecule has 0 aromatic rings. The minimum Gasteiger partial charge on any atom is -0.378 e. The fraction of sp³-hybridized carbons (Fsp3) is 1.00. The van der Waals surface area contributed by atoms with Crippen LogP contribution < -0.4 is 0 Å². The van der Waals surface area contributed by atoms with Crippen molar-refractivity contribution in [1.29, 1.82) is 0 Å². The van der Waals surface area contributed by atoms with E-state index in [4.69, 9.17) is 9.47 Å². The van der Waals surface area contributed by atoms with Gasteiger partial charge >= 0.3 is 0 Å². The van der Waals surface area contributed by atoms with Gasteiger partial charge in [0.15, 0.2) is 0 Å². The number of morpholine rings is 1. The van der Waals surface area contributed by atoms with Crippen molar-refractivity contribution in [2.45, 2.75) is 32.9 Å². The third-order valence-electron chi connectivity index (χ3n) is 2.38. The van der Waals surface area contributed by atoms with Gasteiger partial charge in [-0.25, -0.2) is 0 Å². The van der Waals surface area contributed by atoms with Crippen LogP contribution in [0.3, 0.4) is 0 Å². The van der Waals surface area contributed by atoms with Crippen LogP contribution in [0.25, 0.3) is 0 Å². The van der Waals surface area contributed by atoms with Gasteiger partial charge in [-0.2, -0.15) is 0 Å². The monoisotopic (exact) mass is 187 g/mol. The number of ether oxygens (including phenoxy) is 2. The molecule has 3 nitrogen and oxygen atoms in total. The van der Waals surface area contributed by atoms with Crippen LogP contribution in [0, 0.1) is 0 Å². The van der Waals surface area contributed by atoms with E-state index < -0.39 is 0 Å². The van der Waals surface area contributed by atoms with Crippen LogP contribution >= 0.6 is 0 Å². The summed E-state index contributed by atoms with van der Waals surface area (Å²) in [5.74, 6) is 0. The molecule has 78 valence electrons. The minimum atomic E-state index is 0.320. The molecule has 0 saturated carbocycles. The van der Waals surface area contributed by atoms with Crippen LogP contribution in [-0.2, 0) is 9.47 Å². The predicted molar refractivity (Wildman–Crippen MR) is 52.9 cm³/mol. The van der Waals surface area contributed by atoms with Crippen LogP contribution in [0.15, 0.2) is 0 Å². The Morgan fingerprint density at radius 3 is 2.92 bits per heavy atom. The fourth-order valence-electron chi connectivity index (χ4n) is 1.56. The van der Waals surface area contributed by atoms with Gasteiger partial charge in [0.2, 0.25) is 0 Å². The summed E-state index contributed by atoms with van der Waals surface area (Å²) < 4.78 is 11.0. The van der Waals surface area contributed by atoms with E-state index >= 15 is 0 Å². The highest BCUT2D eigenvalue weighted by Crippen LogP contribution is 2.07. The fourth-order valence-corrected chi connectivity index (χ4v) is 1.56. The summed E-state index contributed by atoms with van der Waals surface area (Å²) in [7, 11) is 0. The van der Waals surface area contributed by atoms with Crippen LogP contribution in [0.4, 0.5) is 0 Å². The van der Waals surface area contributed by atoms with Crippen molar-refractivity contribution in [2.24, 2.45) is 0 Å². The smallest absolute Gasteiger partial charge is 0.0647 e. The SMILES string of the molecule is CCN1CCOC[C@@H]1COC(C)C. The molecule has 1 saturated heterocycles. The second kappa shape index (κ2) is 5.58. The molecule has 1 aliphatic heterocycles. The van der Waals surface area contributed by atoms with Gasteiger partial charge in [-0.15, -0.1) is 0 Å². The molecule has 1 rings (SSSR count). The van der Waals surface area contributed by atoms with E-state index in [-0.39, 0.29) is 0 Å². The van der Waals surface area contributed by atoms with Crippen LogP contribution in [0.5, 0.6) is 0 Å². The van der Waals surface area contributed by atoms with E-state index in [9.17, 15) is 0 Å². The van der Waals surface area contributed by atoms with E-state index in [0.717, 1.165) is 32.9 Å². The van der Waals surface area contributed by atoms with Gasteiger partial charge in [-0.1, -0.05) is 6.92 Å². The van der Waals surface area contributed by atoms with Crippen molar-refractivity contribution >= 4 is 0 Å². The van der Waals surface area contributed by atoms with Gasteiger partial charge in [-0.3, -0.25) is 4.90 Å². The zero-order chi connectivity index (χ0) is 9.68. The molecule has 0 bridgehead atoms. The van der Waals surface area contributed by atoms with Crippen molar-refractivity contribution in [3.63, 3.8) is 0 Å². The lowest BCUT2D eigenvalue weighted by Gasteiger charge is -2.34. The highest BCUT2D eigenvalue weighted by molar-refractivity contribution is 4.73. The van der Waals surface area contributed by atoms with Crippen LogP contribution in [-0.4, -0.2) is 50.0 Å². The maximum atomic E-state index is 5.59. The van der Waals surface area contributed by atoms with Gasteiger partial charge in [0.05, 0.1) is 32.0 Å². The first-order valence-electron chi connectivity index (χ1n) is 5.17. The lowest BCUT2D eigenvalue weighted by Crippen LogP contribution is -2.48. The Morgan fingerprint density at radius 2 is 2.31 bits per heavy atom. The third kappa shape index (κ3) is 3.63. The summed E-state index contributed by atoms with van der Waals surface area (Å²) in [5, 5.41) is 0. The van der Waals surface area contributed by atoms with E-state index in [1.165, 1.54) is 0 Å². The molecule has 0 unspecified atom stereocenters. The number of hydrogen-bond donors (Lipinski definition) is 0. The number of rotatable bonds is 4. The summed E-state index contributed by atoms with van der Waals surface area (Å²) >= 11 is 0. The van der Waals surface area contributed by atoms with E-state index in [0.29, 0.717) is 12.1 Å². The highest BCUT2D eigenvalue weighted by Gasteiger charge is 2.21. The Labute approximate surface area is 81.0 Å². The molecule has 3 heteroatoms. The molecule has 0 aromatic heterocycles. The standard InChI is InChI=1S/C10H21NO2/c1-4-11-5-6-12-7-10(11)8-13-9(2)3/h9-10H,4-8H2,1-3H3/t10-/m1/s1. The molecule has 0 aliphatic carbocycles. The molecule has 1 heterocycles. The highest BCUT2D eigenvalue weighted by atomic mass is 16.5. The van der Waals surface area contributed by atoms with Gasteiger partial charge in [0.1, 0.15) is 0 Å². The molecule has 0 spiro atoms. The zero-order valence-corrected chi connectivity index (χ0v) is 8.95. The maximum Gasteiger partial charge on any atom is 0.0647 e. The van der Waals surface area contributed by atoms with Crippen molar-refractivity contribution in [1.82, 2.24) is 4.90 Å². The second-order valence-electron chi connectivity index (χ2n) is 3.74. The Kier molecular flexibility index (Phi) is 4.70. The Bertz CT molecular complexity index is 139. The summed E-state index contributed by atoms with van der Waals surface area (Å²) in [6.07, 6.45) is 0.320. The van der Waals surface area contributed by atoms with Crippen molar-refractivity contribution < 1.29 is 9.47 Å². The van der Waals surface area contributed by atoms with Gasteiger partial charge in [0, 0.05) is 6.54 Å². The van der Waals surface area contributed by atoms with Crippen LogP contribution in [0.1, 0.15) is 20.8 Å². The second-order valence-corrected chi connectivity index (χ2v) is 3.74. The first-order chi connectivity index (χ1) is 6.24. The Balaban J connectivity index is 2.27. The molecule has 13 heavy (non-hydrogen) atoms. The van der Waals surface area contributed by atoms with Crippen molar-refractivity contribution in [3.8, 4) is 0 Å². The molecular formula is C10H21NO2. The normalized spacial score (nSPS) is 25.4. The molecule has 0 radical (unpaired) electrons. The first-order valence-corrected chi connectivity index (χ1v) is 5.17. The molecule has 1 fully saturated rings. The maximum absolute atomic E-state index is 5.59.